The number of carbonyl (C=O) groups excluding carboxylic acids is 2. The third kappa shape index (κ3) is 9.38. The fourth-order valence-electron chi connectivity index (χ4n) is 5.14. The van der Waals surface area contributed by atoms with Gasteiger partial charge in [0, 0.05) is 29.0 Å². The van der Waals surface area contributed by atoms with Gasteiger partial charge in [-0.1, -0.05) is 76.1 Å². The van der Waals surface area contributed by atoms with E-state index in [0.29, 0.717) is 11.5 Å². The van der Waals surface area contributed by atoms with Crippen molar-refractivity contribution in [1.29, 1.82) is 0 Å². The Labute approximate surface area is 292 Å². The molecule has 254 valence electrons. The molecule has 4 rings (SSSR count). The van der Waals surface area contributed by atoms with Crippen LogP contribution in [0.2, 0.25) is 0 Å². The Morgan fingerprint density at radius 3 is 2.04 bits per heavy atom. The molecule has 1 atom stereocenters. The molecular weight excluding hydrogens is 694 g/mol. The van der Waals surface area contributed by atoms with Gasteiger partial charge in [0.25, 0.3) is 10.0 Å². The average Bonchev–Trinajstić information content (AvgIpc) is 3.05. The maximum absolute atomic E-state index is 14.7. The van der Waals surface area contributed by atoms with Gasteiger partial charge in [0.1, 0.15) is 12.6 Å². The van der Waals surface area contributed by atoms with Gasteiger partial charge in [-0.05, 0) is 75.2 Å². The Kier molecular flexibility index (Phi) is 11.9. The highest BCUT2D eigenvalue weighted by Gasteiger charge is 2.36. The molecule has 0 saturated heterocycles. The molecular formula is C37H42BrN3O6S. The summed E-state index contributed by atoms with van der Waals surface area (Å²) in [5.41, 5.74) is 2.12. The summed E-state index contributed by atoms with van der Waals surface area (Å²) in [6.07, 6.45) is 0.214. The standard InChI is InChI=1S/C37H42BrN3O6S/c1-26-12-19-31(20-13-26)48(44,45)41(30-18-21-33(46-5)34(23-30)47-6)25-35(42)40(24-28-14-16-29(38)17-15-28)32(36(43)39-37(2,3)4)22-27-10-8-7-9-11-27/h7-21,23,32H,22,24-25H2,1-6H3,(H,39,43). The molecule has 0 heterocycles. The molecule has 0 bridgehead atoms. The molecule has 4 aromatic rings. The Morgan fingerprint density at radius 1 is 0.833 bits per heavy atom. The minimum atomic E-state index is -4.27. The Balaban J connectivity index is 1.85. The maximum atomic E-state index is 14.7. The smallest absolute Gasteiger partial charge is 0.264 e. The first-order chi connectivity index (χ1) is 22.7. The largest absolute Gasteiger partial charge is 0.493 e. The van der Waals surface area contributed by atoms with Gasteiger partial charge in [-0.3, -0.25) is 13.9 Å². The first-order valence-corrected chi connectivity index (χ1v) is 17.7. The van der Waals surface area contributed by atoms with E-state index in [4.69, 9.17) is 9.47 Å². The zero-order valence-corrected chi connectivity index (χ0v) is 30.5. The van der Waals surface area contributed by atoms with Crippen molar-refractivity contribution in [3.8, 4) is 11.5 Å². The number of ether oxygens (including phenoxy) is 2. The molecule has 0 aliphatic rings. The number of nitrogens with zero attached hydrogens (tertiary/aromatic N) is 2. The third-order valence-electron chi connectivity index (χ3n) is 7.58. The monoisotopic (exact) mass is 735 g/mol. The van der Waals surface area contributed by atoms with Crippen LogP contribution in [0.4, 0.5) is 5.69 Å². The summed E-state index contributed by atoms with van der Waals surface area (Å²) in [4.78, 5) is 30.2. The molecule has 0 fully saturated rings. The Hall–Kier alpha value is -4.35. The van der Waals surface area contributed by atoms with E-state index < -0.39 is 34.1 Å². The number of sulfonamides is 1. The van der Waals surface area contributed by atoms with Crippen LogP contribution in [-0.4, -0.2) is 57.5 Å². The highest BCUT2D eigenvalue weighted by molar-refractivity contribution is 9.10. The van der Waals surface area contributed by atoms with E-state index in [0.717, 1.165) is 25.5 Å². The predicted molar refractivity (Wildman–Crippen MR) is 192 cm³/mol. The van der Waals surface area contributed by atoms with Crippen LogP contribution >= 0.6 is 15.9 Å². The number of halogens is 1. The molecule has 1 N–H and O–H groups in total. The zero-order chi connectivity index (χ0) is 35.1. The molecule has 0 aliphatic heterocycles. The van der Waals surface area contributed by atoms with E-state index in [-0.39, 0.29) is 29.5 Å². The highest BCUT2D eigenvalue weighted by atomic mass is 79.9. The zero-order valence-electron chi connectivity index (χ0n) is 28.1. The van der Waals surface area contributed by atoms with Crippen molar-refractivity contribution >= 4 is 43.5 Å². The maximum Gasteiger partial charge on any atom is 0.264 e. The second kappa shape index (κ2) is 15.7. The summed E-state index contributed by atoms with van der Waals surface area (Å²) in [6, 6.07) is 27.0. The molecule has 1 unspecified atom stereocenters. The van der Waals surface area contributed by atoms with Crippen LogP contribution in [0.25, 0.3) is 0 Å². The van der Waals surface area contributed by atoms with E-state index in [9.17, 15) is 18.0 Å². The SMILES string of the molecule is COc1ccc(N(CC(=O)N(Cc2ccc(Br)cc2)C(Cc2ccccc2)C(=O)NC(C)(C)C)S(=O)(=O)c2ccc(C)cc2)cc1OC. The van der Waals surface area contributed by atoms with Crippen molar-refractivity contribution in [3.05, 3.63) is 118 Å². The lowest BCUT2D eigenvalue weighted by atomic mass is 10.0. The van der Waals surface area contributed by atoms with Crippen molar-refractivity contribution in [2.45, 2.75) is 57.1 Å². The molecule has 0 aromatic heterocycles. The number of benzene rings is 4. The summed E-state index contributed by atoms with van der Waals surface area (Å²) in [5, 5.41) is 3.04. The summed E-state index contributed by atoms with van der Waals surface area (Å²) in [7, 11) is -1.34. The number of amides is 2. The number of nitrogens with one attached hydrogen (secondary N) is 1. The van der Waals surface area contributed by atoms with Gasteiger partial charge < -0.3 is 19.7 Å². The van der Waals surface area contributed by atoms with Crippen molar-refractivity contribution < 1.29 is 27.5 Å². The van der Waals surface area contributed by atoms with Gasteiger partial charge in [0.2, 0.25) is 11.8 Å². The van der Waals surface area contributed by atoms with Crippen LogP contribution in [0.15, 0.2) is 106 Å². The molecule has 11 heteroatoms. The van der Waals surface area contributed by atoms with Crippen molar-refractivity contribution in [1.82, 2.24) is 10.2 Å². The number of aryl methyl sites for hydroxylation is 1. The lowest BCUT2D eigenvalue weighted by Gasteiger charge is -2.35. The van der Waals surface area contributed by atoms with Gasteiger partial charge in [-0.15, -0.1) is 0 Å². The highest BCUT2D eigenvalue weighted by Crippen LogP contribution is 2.34. The van der Waals surface area contributed by atoms with Gasteiger partial charge in [-0.2, -0.15) is 0 Å². The van der Waals surface area contributed by atoms with Crippen molar-refractivity contribution in [3.63, 3.8) is 0 Å². The molecule has 2 amide bonds. The van der Waals surface area contributed by atoms with Crippen LogP contribution in [0.5, 0.6) is 11.5 Å². The first-order valence-electron chi connectivity index (χ1n) is 15.4. The van der Waals surface area contributed by atoms with E-state index >= 15 is 0 Å². The summed E-state index contributed by atoms with van der Waals surface area (Å²) >= 11 is 3.46. The number of hydrogen-bond acceptors (Lipinski definition) is 6. The predicted octanol–water partition coefficient (Wildman–Crippen LogP) is 6.52. The van der Waals surface area contributed by atoms with Crippen LogP contribution in [0.3, 0.4) is 0 Å². The summed E-state index contributed by atoms with van der Waals surface area (Å²) in [6.45, 7) is 6.96. The topological polar surface area (TPSA) is 105 Å². The summed E-state index contributed by atoms with van der Waals surface area (Å²) < 4.78 is 41.5. The number of methoxy groups -OCH3 is 2. The number of rotatable bonds is 13. The number of carbonyl (C=O) groups is 2. The fourth-order valence-corrected chi connectivity index (χ4v) is 6.81. The number of anilines is 1. The Bertz CT molecular complexity index is 1810. The lowest BCUT2D eigenvalue weighted by molar-refractivity contribution is -0.140. The average molecular weight is 737 g/mol. The van der Waals surface area contributed by atoms with E-state index in [1.54, 1.807) is 24.3 Å². The molecule has 0 spiro atoms. The first kappa shape index (κ1) is 36.5. The minimum Gasteiger partial charge on any atom is -0.493 e. The van der Waals surface area contributed by atoms with Crippen LogP contribution < -0.4 is 19.1 Å². The molecule has 48 heavy (non-hydrogen) atoms. The van der Waals surface area contributed by atoms with Gasteiger partial charge in [0.05, 0.1) is 24.8 Å². The Morgan fingerprint density at radius 2 is 1.46 bits per heavy atom. The second-order valence-corrected chi connectivity index (χ2v) is 15.2. The van der Waals surface area contributed by atoms with Crippen LogP contribution in [0, 0.1) is 6.92 Å². The van der Waals surface area contributed by atoms with Crippen LogP contribution in [-0.2, 0) is 32.6 Å². The van der Waals surface area contributed by atoms with Gasteiger partial charge in [-0.25, -0.2) is 8.42 Å². The van der Waals surface area contributed by atoms with Gasteiger partial charge in [0.15, 0.2) is 11.5 Å². The second-order valence-electron chi connectivity index (χ2n) is 12.5. The minimum absolute atomic E-state index is 0.0152. The normalized spacial score (nSPS) is 12.1. The van der Waals surface area contributed by atoms with E-state index in [1.165, 1.54) is 37.3 Å². The molecule has 4 aromatic carbocycles. The van der Waals surface area contributed by atoms with Gasteiger partial charge >= 0.3 is 0 Å². The lowest BCUT2D eigenvalue weighted by Crippen LogP contribution is -2.56. The van der Waals surface area contributed by atoms with E-state index in [2.05, 4.69) is 21.2 Å². The quantitative estimate of drug-likeness (QED) is 0.168. The third-order valence-corrected chi connectivity index (χ3v) is 9.90. The number of hydrogen-bond donors (Lipinski definition) is 1. The molecule has 0 radical (unpaired) electrons. The molecule has 9 nitrogen and oxygen atoms in total. The summed E-state index contributed by atoms with van der Waals surface area (Å²) in [5.74, 6) is -0.215. The van der Waals surface area contributed by atoms with E-state index in [1.807, 2.05) is 82.3 Å². The molecule has 0 aliphatic carbocycles. The molecule has 0 saturated carbocycles. The van der Waals surface area contributed by atoms with Crippen molar-refractivity contribution in [2.75, 3.05) is 25.1 Å². The van der Waals surface area contributed by atoms with Crippen molar-refractivity contribution in [2.24, 2.45) is 0 Å². The fraction of sp³-hybridized carbons (Fsp3) is 0.297. The van der Waals surface area contributed by atoms with Crippen LogP contribution in [0.1, 0.15) is 37.5 Å².